The average molecular weight is 272 g/mol. The first-order valence-electron chi connectivity index (χ1n) is 6.81. The minimum Gasteiger partial charge on any atom is -0.494 e. The molecule has 1 fully saturated rings. The molecule has 1 saturated carbocycles. The molecule has 5 heteroatoms. The second-order valence-corrected chi connectivity index (χ2v) is 5.13. The predicted molar refractivity (Wildman–Crippen MR) is 75.9 cm³/mol. The lowest BCUT2D eigenvalue weighted by molar-refractivity contribution is 0.365. The van der Waals surface area contributed by atoms with Crippen LogP contribution in [0.2, 0.25) is 0 Å². The van der Waals surface area contributed by atoms with Crippen LogP contribution in [-0.2, 0) is 0 Å². The van der Waals surface area contributed by atoms with Gasteiger partial charge in [0.1, 0.15) is 5.56 Å². The molecule has 3 rings (SSSR count). The Kier molecular flexibility index (Phi) is 3.18. The van der Waals surface area contributed by atoms with E-state index in [0.29, 0.717) is 5.56 Å². The first kappa shape index (κ1) is 12.7. The first-order valence-corrected chi connectivity index (χ1v) is 6.81. The first-order chi connectivity index (χ1) is 9.68. The number of hydrogen-bond acceptors (Lipinski definition) is 3. The van der Waals surface area contributed by atoms with E-state index in [-0.39, 0.29) is 17.5 Å². The summed E-state index contributed by atoms with van der Waals surface area (Å²) in [5.74, 6) is -0.225. The zero-order valence-electron chi connectivity index (χ0n) is 11.0. The molecule has 20 heavy (non-hydrogen) atoms. The Morgan fingerprint density at radius 2 is 1.75 bits per heavy atom. The van der Waals surface area contributed by atoms with E-state index >= 15 is 0 Å². The third kappa shape index (κ3) is 2.05. The highest BCUT2D eigenvalue weighted by Crippen LogP contribution is 2.33. The van der Waals surface area contributed by atoms with Gasteiger partial charge in [-0.1, -0.05) is 43.2 Å². The van der Waals surface area contributed by atoms with E-state index in [4.69, 9.17) is 0 Å². The molecule has 104 valence electrons. The Morgan fingerprint density at radius 1 is 1.10 bits per heavy atom. The zero-order chi connectivity index (χ0) is 14.1. The highest BCUT2D eigenvalue weighted by Gasteiger charge is 2.24. The van der Waals surface area contributed by atoms with Gasteiger partial charge in [0.05, 0.1) is 0 Å². The van der Waals surface area contributed by atoms with Gasteiger partial charge in [-0.05, 0) is 18.4 Å². The molecular weight excluding hydrogens is 256 g/mol. The third-order valence-electron chi connectivity index (χ3n) is 3.87. The quantitative estimate of drug-likeness (QED) is 0.878. The van der Waals surface area contributed by atoms with Crippen molar-refractivity contribution in [3.8, 4) is 17.0 Å². The summed E-state index contributed by atoms with van der Waals surface area (Å²) in [6.45, 7) is 0. The fraction of sp³-hybridized carbons (Fsp3) is 0.333. The average Bonchev–Trinajstić information content (AvgIpc) is 2.93. The van der Waals surface area contributed by atoms with Gasteiger partial charge < -0.3 is 5.11 Å². The highest BCUT2D eigenvalue weighted by molar-refractivity contribution is 5.67. The topological polar surface area (TPSA) is 75.1 Å². The van der Waals surface area contributed by atoms with Crippen LogP contribution in [0.15, 0.2) is 39.9 Å². The van der Waals surface area contributed by atoms with Gasteiger partial charge in [-0.25, -0.2) is 4.79 Å². The highest BCUT2D eigenvalue weighted by atomic mass is 16.3. The summed E-state index contributed by atoms with van der Waals surface area (Å²) in [7, 11) is 0. The zero-order valence-corrected chi connectivity index (χ0v) is 11.0. The number of rotatable bonds is 2. The summed E-state index contributed by atoms with van der Waals surface area (Å²) >= 11 is 0. The van der Waals surface area contributed by atoms with Crippen molar-refractivity contribution in [3.05, 3.63) is 51.2 Å². The van der Waals surface area contributed by atoms with Crippen molar-refractivity contribution in [1.82, 2.24) is 9.55 Å². The maximum atomic E-state index is 12.0. The Labute approximate surface area is 115 Å². The van der Waals surface area contributed by atoms with E-state index < -0.39 is 11.2 Å². The summed E-state index contributed by atoms with van der Waals surface area (Å²) in [6.07, 6.45) is 3.79. The van der Waals surface area contributed by atoms with Gasteiger partial charge in [0, 0.05) is 6.04 Å². The van der Waals surface area contributed by atoms with Crippen molar-refractivity contribution in [2.45, 2.75) is 31.7 Å². The number of hydrogen-bond donors (Lipinski definition) is 2. The molecular formula is C15H16N2O3. The van der Waals surface area contributed by atoms with Gasteiger partial charge in [0.15, 0.2) is 0 Å². The number of nitrogens with one attached hydrogen (secondary N) is 1. The van der Waals surface area contributed by atoms with Crippen molar-refractivity contribution in [3.63, 3.8) is 0 Å². The lowest BCUT2D eigenvalue weighted by atomic mass is 10.1. The molecule has 1 aliphatic carbocycles. The molecule has 1 aliphatic rings. The van der Waals surface area contributed by atoms with E-state index in [1.54, 1.807) is 24.3 Å². The van der Waals surface area contributed by atoms with Crippen LogP contribution in [0, 0.1) is 0 Å². The molecule has 0 amide bonds. The molecule has 0 atom stereocenters. The fourth-order valence-corrected chi connectivity index (χ4v) is 2.90. The van der Waals surface area contributed by atoms with Gasteiger partial charge in [0.2, 0.25) is 5.88 Å². The van der Waals surface area contributed by atoms with Crippen LogP contribution in [0.1, 0.15) is 31.7 Å². The second-order valence-electron chi connectivity index (χ2n) is 5.13. The molecule has 0 spiro atoms. The smallest absolute Gasteiger partial charge is 0.331 e. The normalized spacial score (nSPS) is 15.6. The fourth-order valence-electron chi connectivity index (χ4n) is 2.90. The van der Waals surface area contributed by atoms with Gasteiger partial charge >= 0.3 is 5.69 Å². The van der Waals surface area contributed by atoms with Crippen LogP contribution >= 0.6 is 0 Å². The van der Waals surface area contributed by atoms with E-state index in [1.165, 1.54) is 4.57 Å². The molecule has 2 N–H and O–H groups in total. The minimum absolute atomic E-state index is 0.0261. The van der Waals surface area contributed by atoms with E-state index in [1.807, 2.05) is 6.07 Å². The lowest BCUT2D eigenvalue weighted by Crippen LogP contribution is -2.32. The summed E-state index contributed by atoms with van der Waals surface area (Å²) in [5, 5.41) is 10.4. The summed E-state index contributed by atoms with van der Waals surface area (Å²) in [5.41, 5.74) is -0.304. The van der Waals surface area contributed by atoms with Crippen LogP contribution in [-0.4, -0.2) is 14.7 Å². The number of benzene rings is 1. The Balaban J connectivity index is 2.23. The molecule has 5 nitrogen and oxygen atoms in total. The van der Waals surface area contributed by atoms with Crippen LogP contribution in [0.5, 0.6) is 5.88 Å². The molecule has 0 bridgehead atoms. The molecule has 0 unspecified atom stereocenters. The summed E-state index contributed by atoms with van der Waals surface area (Å²) < 4.78 is 1.33. The van der Waals surface area contributed by atoms with Gasteiger partial charge in [0.25, 0.3) is 5.56 Å². The van der Waals surface area contributed by atoms with Crippen molar-refractivity contribution < 1.29 is 5.11 Å². The molecule has 2 aromatic rings. The molecule has 1 aromatic heterocycles. The SMILES string of the molecule is O=c1[nH]c(=O)n(C2CCCC2)c(O)c1-c1ccccc1. The van der Waals surface area contributed by atoms with Gasteiger partial charge in [-0.3, -0.25) is 14.3 Å². The molecule has 1 heterocycles. The molecule has 0 aliphatic heterocycles. The van der Waals surface area contributed by atoms with Gasteiger partial charge in [-0.15, -0.1) is 0 Å². The van der Waals surface area contributed by atoms with E-state index in [9.17, 15) is 14.7 Å². The minimum atomic E-state index is -0.548. The van der Waals surface area contributed by atoms with Crippen molar-refractivity contribution in [2.24, 2.45) is 0 Å². The monoisotopic (exact) mass is 272 g/mol. The van der Waals surface area contributed by atoms with Crippen LogP contribution in [0.4, 0.5) is 0 Å². The number of nitrogens with zero attached hydrogens (tertiary/aromatic N) is 1. The maximum absolute atomic E-state index is 12.0. The number of aromatic amines is 1. The lowest BCUT2D eigenvalue weighted by Gasteiger charge is -2.16. The summed E-state index contributed by atoms with van der Waals surface area (Å²) in [6, 6.07) is 8.88. The predicted octanol–water partition coefficient (Wildman–Crippen LogP) is 2.02. The van der Waals surface area contributed by atoms with Crippen LogP contribution < -0.4 is 11.2 Å². The largest absolute Gasteiger partial charge is 0.494 e. The van der Waals surface area contributed by atoms with Crippen LogP contribution in [0.3, 0.4) is 0 Å². The van der Waals surface area contributed by atoms with Crippen molar-refractivity contribution in [2.75, 3.05) is 0 Å². The second kappa shape index (κ2) is 5.00. The molecule has 0 radical (unpaired) electrons. The number of aromatic hydroxyl groups is 1. The summed E-state index contributed by atoms with van der Waals surface area (Å²) in [4.78, 5) is 26.3. The molecule has 0 saturated heterocycles. The Bertz CT molecular complexity index is 725. The Morgan fingerprint density at radius 3 is 2.40 bits per heavy atom. The van der Waals surface area contributed by atoms with E-state index in [0.717, 1.165) is 25.7 Å². The van der Waals surface area contributed by atoms with E-state index in [2.05, 4.69) is 4.98 Å². The third-order valence-corrected chi connectivity index (χ3v) is 3.87. The van der Waals surface area contributed by atoms with Crippen molar-refractivity contribution >= 4 is 0 Å². The van der Waals surface area contributed by atoms with Crippen LogP contribution in [0.25, 0.3) is 11.1 Å². The standard InChI is InChI=1S/C15H16N2O3/c18-13-12(10-6-2-1-3-7-10)14(19)17(15(20)16-13)11-8-4-5-9-11/h1-3,6-7,11,19H,4-5,8-9H2,(H,16,18,20). The number of aromatic nitrogens is 2. The van der Waals surface area contributed by atoms with Crippen molar-refractivity contribution in [1.29, 1.82) is 0 Å². The Hall–Kier alpha value is -2.30. The van der Waals surface area contributed by atoms with Gasteiger partial charge in [-0.2, -0.15) is 0 Å². The number of H-pyrrole nitrogens is 1. The molecule has 1 aromatic carbocycles. The maximum Gasteiger partial charge on any atom is 0.331 e.